The zero-order valence-electron chi connectivity index (χ0n) is 12.7. The predicted molar refractivity (Wildman–Crippen MR) is 92.1 cm³/mol. The lowest BCUT2D eigenvalue weighted by molar-refractivity contribution is -0.135. The van der Waals surface area contributed by atoms with Gasteiger partial charge in [-0.25, -0.2) is 4.79 Å². The first kappa shape index (κ1) is 17.8. The van der Waals surface area contributed by atoms with E-state index in [-0.39, 0.29) is 5.97 Å². The molecule has 0 heterocycles. The number of hydrogen-bond donors (Lipinski definition) is 1. The predicted octanol–water partition coefficient (Wildman–Crippen LogP) is 2.49. The summed E-state index contributed by atoms with van der Waals surface area (Å²) < 4.78 is 9.90. The first-order valence-corrected chi connectivity index (χ1v) is 7.55. The zero-order chi connectivity index (χ0) is 16.4. The van der Waals surface area contributed by atoms with Gasteiger partial charge in [0, 0.05) is 11.3 Å². The van der Waals surface area contributed by atoms with E-state index >= 15 is 0 Å². The van der Waals surface area contributed by atoms with Crippen LogP contribution in [0, 0.1) is 0 Å². The molecule has 0 unspecified atom stereocenters. The van der Waals surface area contributed by atoms with E-state index in [1.165, 1.54) is 18.9 Å². The molecule has 5 nitrogen and oxygen atoms in total. The number of thioether (sulfide) groups is 1. The Balaban J connectivity index is 2.85. The number of nitrogens with two attached hydrogens (primary N) is 1. The first-order valence-electron chi connectivity index (χ1n) is 6.57. The van der Waals surface area contributed by atoms with Crippen LogP contribution in [0.15, 0.2) is 47.5 Å². The minimum Gasteiger partial charge on any atom is -0.497 e. The van der Waals surface area contributed by atoms with Gasteiger partial charge in [0.25, 0.3) is 0 Å². The van der Waals surface area contributed by atoms with Crippen molar-refractivity contribution in [3.63, 3.8) is 0 Å². The number of esters is 1. The van der Waals surface area contributed by atoms with E-state index in [4.69, 9.17) is 15.2 Å². The Labute approximate surface area is 134 Å². The van der Waals surface area contributed by atoms with Gasteiger partial charge in [0.1, 0.15) is 5.75 Å². The lowest BCUT2D eigenvalue weighted by Gasteiger charge is -2.06. The Bertz CT molecular complexity index is 565. The van der Waals surface area contributed by atoms with Crippen molar-refractivity contribution >= 4 is 29.0 Å². The van der Waals surface area contributed by atoms with Gasteiger partial charge in [-0.3, -0.25) is 4.99 Å². The van der Waals surface area contributed by atoms with Crippen LogP contribution in [0.3, 0.4) is 0 Å². The average Bonchev–Trinajstić information content (AvgIpc) is 2.56. The molecule has 0 aliphatic rings. The van der Waals surface area contributed by atoms with E-state index in [0.29, 0.717) is 23.0 Å². The highest BCUT2D eigenvalue weighted by atomic mass is 32.2. The standard InChI is InChI=1S/C16H20N2O3S/c1-4-9-18-16(17)22-11-13(15(19)21-3)10-12-5-7-14(20-2)8-6-12/h4-8,10H,1,9,11H2,2-3H3,(H2,17,18)/b13-10+. The van der Waals surface area contributed by atoms with E-state index < -0.39 is 0 Å². The van der Waals surface area contributed by atoms with Crippen LogP contribution in [0.2, 0.25) is 0 Å². The molecule has 0 saturated heterocycles. The van der Waals surface area contributed by atoms with Gasteiger partial charge in [0.05, 0.1) is 20.8 Å². The van der Waals surface area contributed by atoms with Gasteiger partial charge >= 0.3 is 5.97 Å². The highest BCUT2D eigenvalue weighted by Gasteiger charge is 2.11. The molecule has 22 heavy (non-hydrogen) atoms. The molecule has 0 bridgehead atoms. The van der Waals surface area contributed by atoms with Crippen molar-refractivity contribution in [2.45, 2.75) is 0 Å². The maximum atomic E-state index is 11.8. The number of carbonyl (C=O) groups excluding carboxylic acids is 1. The average molecular weight is 320 g/mol. The molecule has 118 valence electrons. The maximum Gasteiger partial charge on any atom is 0.334 e. The molecule has 0 spiro atoms. The number of nitrogens with zero attached hydrogens (tertiary/aromatic N) is 1. The molecule has 6 heteroatoms. The van der Waals surface area contributed by atoms with Crippen molar-refractivity contribution < 1.29 is 14.3 Å². The maximum absolute atomic E-state index is 11.8. The van der Waals surface area contributed by atoms with Gasteiger partial charge in [0.15, 0.2) is 5.17 Å². The SMILES string of the molecule is C=CCN=C(N)SC/C(=C\c1ccc(OC)cc1)C(=O)OC. The summed E-state index contributed by atoms with van der Waals surface area (Å²) in [6.07, 6.45) is 3.42. The van der Waals surface area contributed by atoms with E-state index in [2.05, 4.69) is 11.6 Å². The van der Waals surface area contributed by atoms with Crippen LogP contribution in [0.5, 0.6) is 5.75 Å². The van der Waals surface area contributed by atoms with Crippen LogP contribution in [0.1, 0.15) is 5.56 Å². The second-order valence-electron chi connectivity index (χ2n) is 4.19. The van der Waals surface area contributed by atoms with E-state index in [0.717, 1.165) is 11.3 Å². The molecule has 0 aliphatic carbocycles. The van der Waals surface area contributed by atoms with Crippen molar-refractivity contribution in [2.75, 3.05) is 26.5 Å². The van der Waals surface area contributed by atoms with Crippen LogP contribution < -0.4 is 10.5 Å². The van der Waals surface area contributed by atoms with Crippen LogP contribution in [0.25, 0.3) is 6.08 Å². The number of benzene rings is 1. The minimum absolute atomic E-state index is 0.380. The summed E-state index contributed by atoms with van der Waals surface area (Å²) in [7, 11) is 2.96. The van der Waals surface area contributed by atoms with Crippen LogP contribution in [-0.4, -0.2) is 37.7 Å². The molecular weight excluding hydrogens is 300 g/mol. The molecule has 0 fully saturated rings. The van der Waals surface area contributed by atoms with Gasteiger partial charge in [-0.05, 0) is 23.8 Å². The monoisotopic (exact) mass is 320 g/mol. The van der Waals surface area contributed by atoms with Crippen molar-refractivity contribution in [1.82, 2.24) is 0 Å². The van der Waals surface area contributed by atoms with Crippen molar-refractivity contribution in [1.29, 1.82) is 0 Å². The summed E-state index contributed by atoms with van der Waals surface area (Å²) in [4.78, 5) is 15.9. The largest absolute Gasteiger partial charge is 0.497 e. The van der Waals surface area contributed by atoms with Crippen LogP contribution in [0.4, 0.5) is 0 Å². The topological polar surface area (TPSA) is 73.9 Å². The van der Waals surface area contributed by atoms with E-state index in [1.54, 1.807) is 19.3 Å². The molecular formula is C16H20N2O3S. The number of hydrogen-bond acceptors (Lipinski definition) is 5. The molecule has 0 amide bonds. The van der Waals surface area contributed by atoms with Crippen LogP contribution in [-0.2, 0) is 9.53 Å². The molecule has 1 aromatic carbocycles. The highest BCUT2D eigenvalue weighted by Crippen LogP contribution is 2.17. The summed E-state index contributed by atoms with van der Waals surface area (Å²) in [5, 5.41) is 0.407. The molecule has 0 atom stereocenters. The Kier molecular flexibility index (Phi) is 7.85. The summed E-state index contributed by atoms with van der Waals surface area (Å²) in [5.41, 5.74) is 7.14. The summed E-state index contributed by atoms with van der Waals surface area (Å²) in [6.45, 7) is 4.02. The number of ether oxygens (including phenoxy) is 2. The summed E-state index contributed by atoms with van der Waals surface area (Å²) in [5.74, 6) is 0.748. The molecule has 0 radical (unpaired) electrons. The second-order valence-corrected chi connectivity index (χ2v) is 5.19. The number of aliphatic imine (C=N–C) groups is 1. The third-order valence-electron chi connectivity index (χ3n) is 2.66. The number of carbonyl (C=O) groups is 1. The fraction of sp³-hybridized carbons (Fsp3) is 0.250. The minimum atomic E-state index is -0.389. The Hall–Kier alpha value is -2.21. The van der Waals surface area contributed by atoms with Gasteiger partial charge in [-0.1, -0.05) is 30.0 Å². The fourth-order valence-corrected chi connectivity index (χ4v) is 2.21. The number of amidine groups is 1. The van der Waals surface area contributed by atoms with Crippen molar-refractivity contribution in [3.8, 4) is 5.75 Å². The highest BCUT2D eigenvalue weighted by molar-refractivity contribution is 8.14. The van der Waals surface area contributed by atoms with Gasteiger partial charge in [-0.15, -0.1) is 6.58 Å². The number of methoxy groups -OCH3 is 2. The second kappa shape index (κ2) is 9.68. The smallest absolute Gasteiger partial charge is 0.334 e. The van der Waals surface area contributed by atoms with Gasteiger partial charge in [-0.2, -0.15) is 0 Å². The number of rotatable bonds is 7. The molecule has 0 aliphatic heterocycles. The first-order chi connectivity index (χ1) is 10.6. The summed E-state index contributed by atoms with van der Waals surface area (Å²) >= 11 is 1.28. The van der Waals surface area contributed by atoms with E-state index in [9.17, 15) is 4.79 Å². The lowest BCUT2D eigenvalue weighted by Crippen LogP contribution is -2.12. The van der Waals surface area contributed by atoms with Crippen molar-refractivity contribution in [2.24, 2.45) is 10.7 Å². The Morgan fingerprint density at radius 2 is 2.05 bits per heavy atom. The normalized spacial score (nSPS) is 11.9. The van der Waals surface area contributed by atoms with Crippen LogP contribution >= 0.6 is 11.8 Å². The molecule has 1 aromatic rings. The van der Waals surface area contributed by atoms with Crippen molar-refractivity contribution in [3.05, 3.63) is 48.1 Å². The molecule has 1 rings (SSSR count). The zero-order valence-corrected chi connectivity index (χ0v) is 13.6. The lowest BCUT2D eigenvalue weighted by atomic mass is 10.1. The molecule has 0 saturated carbocycles. The molecule has 0 aromatic heterocycles. The van der Waals surface area contributed by atoms with E-state index in [1.807, 2.05) is 24.3 Å². The summed E-state index contributed by atoms with van der Waals surface area (Å²) in [6, 6.07) is 7.38. The fourth-order valence-electron chi connectivity index (χ4n) is 1.54. The van der Waals surface area contributed by atoms with Gasteiger partial charge in [0.2, 0.25) is 0 Å². The Morgan fingerprint density at radius 3 is 2.59 bits per heavy atom. The third-order valence-corrected chi connectivity index (χ3v) is 3.54. The third kappa shape index (κ3) is 6.05. The van der Waals surface area contributed by atoms with Gasteiger partial charge < -0.3 is 15.2 Å². The molecule has 2 N–H and O–H groups in total. The Morgan fingerprint density at radius 1 is 1.36 bits per heavy atom. The quantitative estimate of drug-likeness (QED) is 0.275.